The lowest BCUT2D eigenvalue weighted by Gasteiger charge is -2.08. The molecule has 0 saturated carbocycles. The summed E-state index contributed by atoms with van der Waals surface area (Å²) in [6.45, 7) is 0. The molecule has 0 unspecified atom stereocenters. The Bertz CT molecular complexity index is 521. The van der Waals surface area contributed by atoms with Crippen molar-refractivity contribution >= 4 is 40.7 Å². The number of hydrogen-bond donors (Lipinski definition) is 2. The Hall–Kier alpha value is -1.59. The van der Waals surface area contributed by atoms with Gasteiger partial charge in [-0.3, -0.25) is 0 Å². The third-order valence-electron chi connectivity index (χ3n) is 1.93. The van der Waals surface area contributed by atoms with Gasteiger partial charge in [-0.05, 0) is 12.1 Å². The van der Waals surface area contributed by atoms with E-state index in [1.54, 1.807) is 6.07 Å². The zero-order valence-corrected chi connectivity index (χ0v) is 9.93. The largest absolute Gasteiger partial charge is 0.368 e. The van der Waals surface area contributed by atoms with Crippen LogP contribution in [0.25, 0.3) is 0 Å². The molecule has 7 heteroatoms. The summed E-state index contributed by atoms with van der Waals surface area (Å²) in [5, 5.41) is 3.09. The first-order valence-corrected chi connectivity index (χ1v) is 5.33. The molecule has 1 aromatic heterocycles. The SMILES string of the molecule is Nc1nc(Cl)cc(Nc2c(F)cccc2Cl)n1. The van der Waals surface area contributed by atoms with Crippen molar-refractivity contribution in [2.75, 3.05) is 11.1 Å². The molecular formula is C10H7Cl2FN4. The Morgan fingerprint density at radius 2 is 2.00 bits per heavy atom. The average molecular weight is 273 g/mol. The third-order valence-corrected chi connectivity index (χ3v) is 2.44. The first-order valence-electron chi connectivity index (χ1n) is 4.57. The van der Waals surface area contributed by atoms with Crippen LogP contribution in [-0.4, -0.2) is 9.97 Å². The highest BCUT2D eigenvalue weighted by molar-refractivity contribution is 6.33. The second-order valence-corrected chi connectivity index (χ2v) is 3.95. The van der Waals surface area contributed by atoms with Gasteiger partial charge in [-0.25, -0.2) is 9.37 Å². The minimum absolute atomic E-state index is 0.00698. The van der Waals surface area contributed by atoms with Gasteiger partial charge in [0.15, 0.2) is 0 Å². The van der Waals surface area contributed by atoms with Crippen LogP contribution in [0, 0.1) is 5.82 Å². The second kappa shape index (κ2) is 4.73. The van der Waals surface area contributed by atoms with Crippen LogP contribution in [0.2, 0.25) is 10.2 Å². The maximum absolute atomic E-state index is 13.5. The molecule has 88 valence electrons. The van der Waals surface area contributed by atoms with E-state index in [2.05, 4.69) is 15.3 Å². The lowest BCUT2D eigenvalue weighted by molar-refractivity contribution is 0.632. The normalized spacial score (nSPS) is 10.3. The van der Waals surface area contributed by atoms with Crippen LogP contribution in [0.3, 0.4) is 0 Å². The van der Waals surface area contributed by atoms with Crippen molar-refractivity contribution in [2.24, 2.45) is 0 Å². The number of anilines is 3. The van der Waals surface area contributed by atoms with Crippen molar-refractivity contribution in [1.82, 2.24) is 9.97 Å². The van der Waals surface area contributed by atoms with Gasteiger partial charge >= 0.3 is 0 Å². The fourth-order valence-electron chi connectivity index (χ4n) is 1.24. The van der Waals surface area contributed by atoms with Gasteiger partial charge in [-0.2, -0.15) is 4.98 Å². The number of aromatic nitrogens is 2. The maximum Gasteiger partial charge on any atom is 0.223 e. The van der Waals surface area contributed by atoms with E-state index in [0.29, 0.717) is 0 Å². The van der Waals surface area contributed by atoms with Crippen LogP contribution in [0.4, 0.5) is 21.8 Å². The van der Waals surface area contributed by atoms with Crippen LogP contribution in [0.15, 0.2) is 24.3 Å². The Balaban J connectivity index is 2.38. The Morgan fingerprint density at radius 1 is 1.24 bits per heavy atom. The summed E-state index contributed by atoms with van der Waals surface area (Å²) in [6.07, 6.45) is 0. The summed E-state index contributed by atoms with van der Waals surface area (Å²) in [6, 6.07) is 5.75. The number of benzene rings is 1. The lowest BCUT2D eigenvalue weighted by Crippen LogP contribution is -2.01. The topological polar surface area (TPSA) is 63.8 Å². The quantitative estimate of drug-likeness (QED) is 0.824. The van der Waals surface area contributed by atoms with Gasteiger partial charge in [0.2, 0.25) is 5.95 Å². The number of nitrogens with zero attached hydrogens (tertiary/aromatic N) is 2. The fraction of sp³-hybridized carbons (Fsp3) is 0. The number of hydrogen-bond acceptors (Lipinski definition) is 4. The van der Waals surface area contributed by atoms with E-state index in [9.17, 15) is 4.39 Å². The van der Waals surface area contributed by atoms with Crippen molar-refractivity contribution in [3.63, 3.8) is 0 Å². The molecule has 1 heterocycles. The van der Waals surface area contributed by atoms with Crippen LogP contribution in [0.1, 0.15) is 0 Å². The first kappa shape index (κ1) is 11.9. The molecule has 0 amide bonds. The summed E-state index contributed by atoms with van der Waals surface area (Å²) in [7, 11) is 0. The van der Waals surface area contributed by atoms with Crippen LogP contribution < -0.4 is 11.1 Å². The Kier molecular flexibility index (Phi) is 3.31. The predicted octanol–water partition coefficient (Wildman–Crippen LogP) is 3.25. The Morgan fingerprint density at radius 3 is 2.65 bits per heavy atom. The number of para-hydroxylation sites is 1. The standard InChI is InChI=1S/C10H7Cl2FN4/c11-5-2-1-3-6(13)9(5)16-8-4-7(12)15-10(14)17-8/h1-4H,(H3,14,15,16,17). The smallest absolute Gasteiger partial charge is 0.223 e. The molecule has 0 aliphatic rings. The van der Waals surface area contributed by atoms with Crippen LogP contribution in [0.5, 0.6) is 0 Å². The number of nitrogen functional groups attached to an aromatic ring is 1. The van der Waals surface area contributed by atoms with Crippen LogP contribution in [-0.2, 0) is 0 Å². The van der Waals surface area contributed by atoms with Gasteiger partial charge in [-0.1, -0.05) is 29.3 Å². The number of nitrogens with one attached hydrogen (secondary N) is 1. The third kappa shape index (κ3) is 2.75. The summed E-state index contributed by atoms with van der Waals surface area (Å²) in [5.74, 6) is -0.229. The van der Waals surface area contributed by atoms with E-state index in [-0.39, 0.29) is 27.6 Å². The molecule has 0 aliphatic heterocycles. The van der Waals surface area contributed by atoms with Crippen molar-refractivity contribution < 1.29 is 4.39 Å². The van der Waals surface area contributed by atoms with Gasteiger partial charge in [0.1, 0.15) is 16.8 Å². The molecule has 4 nitrogen and oxygen atoms in total. The molecule has 0 radical (unpaired) electrons. The molecule has 1 aromatic carbocycles. The minimum atomic E-state index is -0.495. The van der Waals surface area contributed by atoms with E-state index in [4.69, 9.17) is 28.9 Å². The molecule has 0 saturated heterocycles. The number of nitrogens with two attached hydrogens (primary N) is 1. The van der Waals surface area contributed by atoms with Crippen molar-refractivity contribution in [2.45, 2.75) is 0 Å². The molecule has 3 N–H and O–H groups in total. The fourth-order valence-corrected chi connectivity index (χ4v) is 1.64. The van der Waals surface area contributed by atoms with Gasteiger partial charge in [0.25, 0.3) is 0 Å². The van der Waals surface area contributed by atoms with Crippen molar-refractivity contribution in [3.8, 4) is 0 Å². The predicted molar refractivity (Wildman–Crippen MR) is 66.1 cm³/mol. The second-order valence-electron chi connectivity index (χ2n) is 3.16. The zero-order valence-electron chi connectivity index (χ0n) is 8.42. The summed E-state index contributed by atoms with van der Waals surface area (Å²) in [5.41, 5.74) is 5.53. The molecular weight excluding hydrogens is 266 g/mol. The van der Waals surface area contributed by atoms with E-state index in [0.717, 1.165) is 0 Å². The molecule has 0 bridgehead atoms. The highest BCUT2D eigenvalue weighted by atomic mass is 35.5. The Labute approximate surface area is 107 Å². The summed E-state index contributed by atoms with van der Waals surface area (Å²) < 4.78 is 13.5. The molecule has 0 spiro atoms. The molecule has 0 fully saturated rings. The maximum atomic E-state index is 13.5. The van der Waals surface area contributed by atoms with Crippen molar-refractivity contribution in [3.05, 3.63) is 40.3 Å². The highest BCUT2D eigenvalue weighted by Crippen LogP contribution is 2.28. The lowest BCUT2D eigenvalue weighted by atomic mass is 10.3. The van der Waals surface area contributed by atoms with Gasteiger partial charge in [0.05, 0.1) is 10.7 Å². The van der Waals surface area contributed by atoms with E-state index < -0.39 is 5.82 Å². The number of halogens is 3. The average Bonchev–Trinajstić information content (AvgIpc) is 2.22. The van der Waals surface area contributed by atoms with Crippen LogP contribution >= 0.6 is 23.2 Å². The molecule has 17 heavy (non-hydrogen) atoms. The summed E-state index contributed by atoms with van der Waals surface area (Å²) >= 11 is 11.5. The molecule has 2 rings (SSSR count). The monoisotopic (exact) mass is 272 g/mol. The number of rotatable bonds is 2. The van der Waals surface area contributed by atoms with E-state index in [1.165, 1.54) is 18.2 Å². The van der Waals surface area contributed by atoms with Gasteiger partial charge < -0.3 is 11.1 Å². The van der Waals surface area contributed by atoms with E-state index in [1.807, 2.05) is 0 Å². The first-order chi connectivity index (χ1) is 8.06. The molecule has 0 aliphatic carbocycles. The summed E-state index contributed by atoms with van der Waals surface area (Å²) in [4.78, 5) is 7.54. The zero-order chi connectivity index (χ0) is 12.4. The highest BCUT2D eigenvalue weighted by Gasteiger charge is 2.08. The van der Waals surface area contributed by atoms with Crippen molar-refractivity contribution in [1.29, 1.82) is 0 Å². The van der Waals surface area contributed by atoms with Gasteiger partial charge in [-0.15, -0.1) is 0 Å². The van der Waals surface area contributed by atoms with E-state index >= 15 is 0 Å². The minimum Gasteiger partial charge on any atom is -0.368 e. The van der Waals surface area contributed by atoms with Gasteiger partial charge in [0, 0.05) is 6.07 Å². The molecule has 2 aromatic rings. The molecule has 0 atom stereocenters.